The summed E-state index contributed by atoms with van der Waals surface area (Å²) in [6.07, 6.45) is -0.673. The summed E-state index contributed by atoms with van der Waals surface area (Å²) in [5, 5.41) is 9.25. The summed E-state index contributed by atoms with van der Waals surface area (Å²) >= 11 is 1.44. The number of nitrogens with zero attached hydrogens (tertiary/aromatic N) is 3. The number of ether oxygens (including phenoxy) is 2. The van der Waals surface area contributed by atoms with Crippen LogP contribution in [0.25, 0.3) is 22.6 Å². The first-order chi connectivity index (χ1) is 16.6. The van der Waals surface area contributed by atoms with Crippen LogP contribution in [0.15, 0.2) is 65.1 Å². The van der Waals surface area contributed by atoms with E-state index in [2.05, 4.69) is 27.2 Å². The van der Waals surface area contributed by atoms with E-state index in [1.54, 1.807) is 6.92 Å². The normalized spacial score (nSPS) is 14.7. The van der Waals surface area contributed by atoms with Crippen LogP contribution in [-0.4, -0.2) is 42.5 Å². The highest BCUT2D eigenvalue weighted by Crippen LogP contribution is 2.40. The summed E-state index contributed by atoms with van der Waals surface area (Å²) in [4.78, 5) is 15.9. The van der Waals surface area contributed by atoms with Crippen molar-refractivity contribution < 1.29 is 18.7 Å². The lowest BCUT2D eigenvalue weighted by molar-refractivity contribution is 0.0285. The molecule has 0 amide bonds. The van der Waals surface area contributed by atoms with Crippen LogP contribution < -0.4 is 4.90 Å². The molecular formula is C26H25N3O4S. The van der Waals surface area contributed by atoms with E-state index in [9.17, 15) is 4.79 Å². The van der Waals surface area contributed by atoms with Gasteiger partial charge in [0.2, 0.25) is 5.89 Å². The van der Waals surface area contributed by atoms with Crippen LogP contribution in [0.1, 0.15) is 34.2 Å². The zero-order chi connectivity index (χ0) is 23.5. The van der Waals surface area contributed by atoms with Crippen molar-refractivity contribution >= 4 is 22.3 Å². The van der Waals surface area contributed by atoms with Gasteiger partial charge in [0.05, 0.1) is 18.2 Å². The van der Waals surface area contributed by atoms with Gasteiger partial charge in [-0.15, -0.1) is 21.5 Å². The van der Waals surface area contributed by atoms with Gasteiger partial charge >= 0.3 is 5.97 Å². The SMILES string of the molecule is Cc1ccc(-c2nnc(C(C)OC(=O)c3cc(-c4ccccc4)c(N4CCOCC4)s3)o2)cc1. The highest BCUT2D eigenvalue weighted by atomic mass is 32.1. The summed E-state index contributed by atoms with van der Waals surface area (Å²) < 4.78 is 17.0. The van der Waals surface area contributed by atoms with Crippen molar-refractivity contribution in [2.24, 2.45) is 0 Å². The van der Waals surface area contributed by atoms with Crippen molar-refractivity contribution in [2.45, 2.75) is 20.0 Å². The molecule has 0 N–H and O–H groups in total. The van der Waals surface area contributed by atoms with E-state index in [-0.39, 0.29) is 5.89 Å². The third-order valence-electron chi connectivity index (χ3n) is 5.67. The van der Waals surface area contributed by atoms with Crippen molar-refractivity contribution in [3.05, 3.63) is 77.0 Å². The summed E-state index contributed by atoms with van der Waals surface area (Å²) in [5.74, 6) is 0.247. The smallest absolute Gasteiger partial charge is 0.349 e. The van der Waals surface area contributed by atoms with Crippen molar-refractivity contribution in [3.8, 4) is 22.6 Å². The molecule has 1 aliphatic heterocycles. The lowest BCUT2D eigenvalue weighted by Gasteiger charge is -2.28. The average Bonchev–Trinajstić information content (AvgIpc) is 3.54. The fraction of sp³-hybridized carbons (Fsp3) is 0.269. The lowest BCUT2D eigenvalue weighted by atomic mass is 10.1. The Morgan fingerprint density at radius 1 is 1.03 bits per heavy atom. The van der Waals surface area contributed by atoms with Crippen molar-refractivity contribution in [1.29, 1.82) is 0 Å². The zero-order valence-corrected chi connectivity index (χ0v) is 19.9. The van der Waals surface area contributed by atoms with Gasteiger partial charge in [-0.05, 0) is 37.6 Å². The second-order valence-corrected chi connectivity index (χ2v) is 9.18. The molecule has 1 atom stereocenters. The molecule has 0 aliphatic carbocycles. The van der Waals surface area contributed by atoms with Gasteiger partial charge in [-0.2, -0.15) is 0 Å². The number of aromatic nitrogens is 2. The maximum Gasteiger partial charge on any atom is 0.349 e. The van der Waals surface area contributed by atoms with E-state index < -0.39 is 12.1 Å². The molecule has 0 bridgehead atoms. The van der Waals surface area contributed by atoms with Crippen molar-refractivity contribution in [1.82, 2.24) is 10.2 Å². The van der Waals surface area contributed by atoms with Gasteiger partial charge in [-0.25, -0.2) is 4.79 Å². The van der Waals surface area contributed by atoms with Crippen molar-refractivity contribution in [2.75, 3.05) is 31.2 Å². The number of carbonyl (C=O) groups is 1. The highest BCUT2D eigenvalue weighted by molar-refractivity contribution is 7.18. The first-order valence-electron chi connectivity index (χ1n) is 11.2. The van der Waals surface area contributed by atoms with E-state index in [0.717, 1.165) is 40.3 Å². The van der Waals surface area contributed by atoms with Gasteiger partial charge in [0, 0.05) is 24.2 Å². The highest BCUT2D eigenvalue weighted by Gasteiger charge is 2.25. The summed E-state index contributed by atoms with van der Waals surface area (Å²) in [7, 11) is 0. The van der Waals surface area contributed by atoms with Gasteiger partial charge in [0.25, 0.3) is 5.89 Å². The Hall–Kier alpha value is -3.49. The molecule has 0 radical (unpaired) electrons. The molecule has 8 heteroatoms. The van der Waals surface area contributed by atoms with E-state index >= 15 is 0 Å². The van der Waals surface area contributed by atoms with E-state index in [0.29, 0.717) is 24.0 Å². The van der Waals surface area contributed by atoms with Crippen LogP contribution >= 0.6 is 11.3 Å². The van der Waals surface area contributed by atoms with E-state index in [1.165, 1.54) is 11.3 Å². The monoisotopic (exact) mass is 475 g/mol. The number of benzene rings is 2. The Morgan fingerprint density at radius 3 is 2.50 bits per heavy atom. The molecule has 1 fully saturated rings. The largest absolute Gasteiger partial charge is 0.448 e. The molecule has 2 aromatic carbocycles. The molecule has 2 aromatic heterocycles. The number of anilines is 1. The maximum atomic E-state index is 13.1. The summed E-state index contributed by atoms with van der Waals surface area (Å²) in [5.41, 5.74) is 4.05. The lowest BCUT2D eigenvalue weighted by Crippen LogP contribution is -2.35. The topological polar surface area (TPSA) is 77.7 Å². The fourth-order valence-electron chi connectivity index (χ4n) is 3.79. The van der Waals surface area contributed by atoms with Gasteiger partial charge < -0.3 is 18.8 Å². The Bertz CT molecular complexity index is 1260. The predicted octanol–water partition coefficient (Wildman–Crippen LogP) is 5.53. The van der Waals surface area contributed by atoms with Crippen LogP contribution in [0.3, 0.4) is 0 Å². The van der Waals surface area contributed by atoms with E-state index in [1.807, 2.05) is 55.5 Å². The molecule has 174 valence electrons. The number of thiophene rings is 1. The maximum absolute atomic E-state index is 13.1. The molecule has 4 aromatic rings. The minimum Gasteiger partial charge on any atom is -0.448 e. The fourth-order valence-corrected chi connectivity index (χ4v) is 4.90. The Kier molecular flexibility index (Phi) is 6.42. The van der Waals surface area contributed by atoms with Gasteiger partial charge in [-0.3, -0.25) is 0 Å². The predicted molar refractivity (Wildman–Crippen MR) is 131 cm³/mol. The Labute approximate surface area is 202 Å². The molecule has 1 aliphatic rings. The summed E-state index contributed by atoms with van der Waals surface area (Å²) in [6, 6.07) is 19.8. The number of rotatable bonds is 6. The third-order valence-corrected chi connectivity index (χ3v) is 6.84. The van der Waals surface area contributed by atoms with Crippen LogP contribution in [0, 0.1) is 6.92 Å². The third kappa shape index (κ3) is 4.73. The quantitative estimate of drug-likeness (QED) is 0.339. The first-order valence-corrected chi connectivity index (χ1v) is 12.0. The van der Waals surface area contributed by atoms with E-state index in [4.69, 9.17) is 13.9 Å². The minimum atomic E-state index is -0.673. The summed E-state index contributed by atoms with van der Waals surface area (Å²) in [6.45, 7) is 6.67. The van der Waals surface area contributed by atoms with Crippen LogP contribution in [0.4, 0.5) is 5.00 Å². The molecule has 0 spiro atoms. The number of hydrogen-bond acceptors (Lipinski definition) is 8. The average molecular weight is 476 g/mol. The van der Waals surface area contributed by atoms with Crippen LogP contribution in [0.5, 0.6) is 0 Å². The zero-order valence-electron chi connectivity index (χ0n) is 19.1. The second kappa shape index (κ2) is 9.79. The molecule has 1 unspecified atom stereocenters. The Balaban J connectivity index is 1.36. The standard InChI is InChI=1S/C26H25N3O4S/c1-17-8-10-20(11-9-17)24-28-27-23(33-24)18(2)32-26(30)22-16-21(19-6-4-3-5-7-19)25(34-22)29-12-14-31-15-13-29/h3-11,16,18H,12-15H2,1-2H3. The minimum absolute atomic E-state index is 0.261. The first kappa shape index (κ1) is 22.3. The number of carbonyl (C=O) groups excluding carboxylic acids is 1. The van der Waals surface area contributed by atoms with Crippen molar-refractivity contribution in [3.63, 3.8) is 0 Å². The molecule has 7 nitrogen and oxygen atoms in total. The number of hydrogen-bond donors (Lipinski definition) is 0. The van der Waals surface area contributed by atoms with Gasteiger partial charge in [0.1, 0.15) is 4.88 Å². The second-order valence-electron chi connectivity index (χ2n) is 8.15. The molecular weight excluding hydrogens is 450 g/mol. The van der Waals surface area contributed by atoms with Crippen LogP contribution in [0.2, 0.25) is 0 Å². The molecule has 34 heavy (non-hydrogen) atoms. The molecule has 0 saturated carbocycles. The van der Waals surface area contributed by atoms with Crippen LogP contribution in [-0.2, 0) is 9.47 Å². The molecule has 3 heterocycles. The number of aryl methyl sites for hydroxylation is 1. The van der Waals surface area contributed by atoms with Gasteiger partial charge in [-0.1, -0.05) is 48.0 Å². The number of esters is 1. The Morgan fingerprint density at radius 2 is 1.76 bits per heavy atom. The molecule has 5 rings (SSSR count). The molecule has 1 saturated heterocycles. The van der Waals surface area contributed by atoms with Gasteiger partial charge in [0.15, 0.2) is 6.10 Å². The number of morpholine rings is 1.